The van der Waals surface area contributed by atoms with Gasteiger partial charge >= 0.3 is 0 Å². The fraction of sp³-hybridized carbons (Fsp3) is 0.389. The maximum Gasteiger partial charge on any atom is 0.270 e. The summed E-state index contributed by atoms with van der Waals surface area (Å²) >= 11 is 6.04. The summed E-state index contributed by atoms with van der Waals surface area (Å²) in [4.78, 5) is 23.0. The first-order valence-corrected chi connectivity index (χ1v) is 8.66. The van der Waals surface area contributed by atoms with Crippen LogP contribution in [0, 0.1) is 6.92 Å². The average Bonchev–Trinajstić information content (AvgIpc) is 2.58. The van der Waals surface area contributed by atoms with Crippen LogP contribution in [-0.4, -0.2) is 55.1 Å². The van der Waals surface area contributed by atoms with E-state index in [-0.39, 0.29) is 5.91 Å². The number of rotatable bonds is 8. The first kappa shape index (κ1) is 19.9. The van der Waals surface area contributed by atoms with Gasteiger partial charge in [-0.1, -0.05) is 11.6 Å². The maximum atomic E-state index is 12.3. The summed E-state index contributed by atoms with van der Waals surface area (Å²) in [6, 6.07) is 6.85. The van der Waals surface area contributed by atoms with E-state index >= 15 is 0 Å². The third-order valence-electron chi connectivity index (χ3n) is 3.56. The molecule has 0 aliphatic rings. The Balaban J connectivity index is 2.12. The molecule has 1 aromatic heterocycles. The number of anilines is 2. The molecule has 0 bridgehead atoms. The van der Waals surface area contributed by atoms with Crippen LogP contribution in [0.4, 0.5) is 11.6 Å². The molecule has 0 saturated carbocycles. The molecule has 0 aliphatic carbocycles. The van der Waals surface area contributed by atoms with E-state index in [1.165, 1.54) is 0 Å². The smallest absolute Gasteiger partial charge is 0.270 e. The van der Waals surface area contributed by atoms with Gasteiger partial charge in [0, 0.05) is 17.3 Å². The third-order valence-corrected chi connectivity index (χ3v) is 3.80. The molecule has 8 heteroatoms. The molecule has 0 saturated heterocycles. The Bertz CT molecular complexity index is 767. The fourth-order valence-electron chi connectivity index (χ4n) is 2.33. The highest BCUT2D eigenvalue weighted by Crippen LogP contribution is 2.29. The number of ether oxygens (including phenoxy) is 1. The van der Waals surface area contributed by atoms with Crippen molar-refractivity contribution in [1.82, 2.24) is 20.2 Å². The van der Waals surface area contributed by atoms with E-state index in [2.05, 4.69) is 25.5 Å². The molecule has 2 N–H and O–H groups in total. The lowest BCUT2D eigenvalue weighted by molar-refractivity contribution is 0.0947. The molecule has 1 amide bonds. The summed E-state index contributed by atoms with van der Waals surface area (Å²) < 4.78 is 5.31. The number of aryl methyl sites for hydroxylation is 1. The molecule has 0 radical (unpaired) electrons. The SMILES string of the molecule is COc1ccc(Cl)cc1Nc1nc(C)cc(C(=O)NCCCN(C)C)n1. The van der Waals surface area contributed by atoms with Crippen LogP contribution in [-0.2, 0) is 0 Å². The molecule has 7 nitrogen and oxygen atoms in total. The number of amides is 1. The monoisotopic (exact) mass is 377 g/mol. The van der Waals surface area contributed by atoms with Crippen LogP contribution in [0.1, 0.15) is 22.6 Å². The van der Waals surface area contributed by atoms with Crippen LogP contribution >= 0.6 is 11.6 Å². The van der Waals surface area contributed by atoms with Gasteiger partial charge in [0.1, 0.15) is 11.4 Å². The number of halogens is 1. The second-order valence-electron chi connectivity index (χ2n) is 6.10. The van der Waals surface area contributed by atoms with Gasteiger partial charge in [-0.05, 0) is 58.3 Å². The number of aromatic nitrogens is 2. The van der Waals surface area contributed by atoms with Gasteiger partial charge in [-0.2, -0.15) is 0 Å². The summed E-state index contributed by atoms with van der Waals surface area (Å²) in [5, 5.41) is 6.49. The van der Waals surface area contributed by atoms with Gasteiger partial charge in [0.15, 0.2) is 0 Å². The molecule has 26 heavy (non-hydrogen) atoms. The third kappa shape index (κ3) is 5.86. The Labute approximate surface area is 158 Å². The zero-order chi connectivity index (χ0) is 19.1. The number of nitrogens with zero attached hydrogens (tertiary/aromatic N) is 3. The average molecular weight is 378 g/mol. The number of benzene rings is 1. The van der Waals surface area contributed by atoms with E-state index in [1.807, 2.05) is 21.0 Å². The summed E-state index contributed by atoms with van der Waals surface area (Å²) in [6.07, 6.45) is 0.869. The Morgan fingerprint density at radius 1 is 1.27 bits per heavy atom. The molecule has 0 spiro atoms. The zero-order valence-electron chi connectivity index (χ0n) is 15.5. The van der Waals surface area contributed by atoms with Crippen LogP contribution < -0.4 is 15.4 Å². The van der Waals surface area contributed by atoms with Gasteiger partial charge in [0.05, 0.1) is 12.8 Å². The molecule has 0 unspecified atom stereocenters. The number of hydrogen-bond donors (Lipinski definition) is 2. The molecule has 0 atom stereocenters. The van der Waals surface area contributed by atoms with Crippen molar-refractivity contribution in [2.24, 2.45) is 0 Å². The summed E-state index contributed by atoms with van der Waals surface area (Å²) in [6.45, 7) is 3.31. The van der Waals surface area contributed by atoms with Crippen molar-refractivity contribution < 1.29 is 9.53 Å². The molecule has 0 fully saturated rings. The largest absolute Gasteiger partial charge is 0.495 e. The topological polar surface area (TPSA) is 79.4 Å². The highest BCUT2D eigenvalue weighted by atomic mass is 35.5. The number of hydrogen-bond acceptors (Lipinski definition) is 6. The number of nitrogens with one attached hydrogen (secondary N) is 2. The number of carbonyl (C=O) groups is 1. The van der Waals surface area contributed by atoms with Crippen LogP contribution in [0.15, 0.2) is 24.3 Å². The maximum absolute atomic E-state index is 12.3. The van der Waals surface area contributed by atoms with E-state index < -0.39 is 0 Å². The molecule has 2 aromatic rings. The predicted octanol–water partition coefficient (Wildman–Crippen LogP) is 2.87. The quantitative estimate of drug-likeness (QED) is 0.688. The van der Waals surface area contributed by atoms with Gasteiger partial charge in [0.25, 0.3) is 5.91 Å². The first-order valence-electron chi connectivity index (χ1n) is 8.28. The van der Waals surface area contributed by atoms with Crippen molar-refractivity contribution >= 4 is 29.1 Å². The van der Waals surface area contributed by atoms with Crippen LogP contribution in [0.5, 0.6) is 5.75 Å². The molecule has 1 aromatic carbocycles. The minimum atomic E-state index is -0.227. The highest BCUT2D eigenvalue weighted by Gasteiger charge is 2.12. The van der Waals surface area contributed by atoms with Crippen LogP contribution in [0.2, 0.25) is 5.02 Å². The van der Waals surface area contributed by atoms with E-state index in [0.29, 0.717) is 40.3 Å². The second kappa shape index (κ2) is 9.35. The second-order valence-corrected chi connectivity index (χ2v) is 6.54. The van der Waals surface area contributed by atoms with Gasteiger partial charge in [0.2, 0.25) is 5.95 Å². The minimum absolute atomic E-state index is 0.227. The Morgan fingerprint density at radius 2 is 2.04 bits per heavy atom. The van der Waals surface area contributed by atoms with Crippen molar-refractivity contribution in [3.8, 4) is 5.75 Å². The van der Waals surface area contributed by atoms with Crippen LogP contribution in [0.25, 0.3) is 0 Å². The van der Waals surface area contributed by atoms with Crippen LogP contribution in [0.3, 0.4) is 0 Å². The minimum Gasteiger partial charge on any atom is -0.495 e. The summed E-state index contributed by atoms with van der Waals surface area (Å²) in [5.74, 6) is 0.688. The number of carbonyl (C=O) groups excluding carboxylic acids is 1. The standard InChI is InChI=1S/C18H24ClN5O2/c1-12-10-15(17(25)20-8-5-9-24(2)3)23-18(21-12)22-14-11-13(19)6-7-16(14)26-4/h6-7,10-11H,5,8-9H2,1-4H3,(H,20,25)(H,21,22,23). The Morgan fingerprint density at radius 3 is 2.73 bits per heavy atom. The van der Waals surface area contributed by atoms with Crippen molar-refractivity contribution in [2.75, 3.05) is 39.6 Å². The van der Waals surface area contributed by atoms with E-state index in [1.54, 1.807) is 31.4 Å². The Kier molecular flexibility index (Phi) is 7.17. The van der Waals surface area contributed by atoms with Crippen molar-refractivity contribution in [3.05, 3.63) is 40.7 Å². The lowest BCUT2D eigenvalue weighted by Gasteiger charge is -2.12. The fourth-order valence-corrected chi connectivity index (χ4v) is 2.50. The first-order chi connectivity index (χ1) is 12.4. The molecule has 1 heterocycles. The van der Waals surface area contributed by atoms with Gasteiger partial charge in [-0.3, -0.25) is 4.79 Å². The molecule has 140 valence electrons. The zero-order valence-corrected chi connectivity index (χ0v) is 16.2. The molecular formula is C18H24ClN5O2. The number of methoxy groups -OCH3 is 1. The lowest BCUT2D eigenvalue weighted by Crippen LogP contribution is -2.28. The van der Waals surface area contributed by atoms with Crippen molar-refractivity contribution in [1.29, 1.82) is 0 Å². The van der Waals surface area contributed by atoms with Crippen molar-refractivity contribution in [2.45, 2.75) is 13.3 Å². The molecule has 0 aliphatic heterocycles. The van der Waals surface area contributed by atoms with E-state index in [4.69, 9.17) is 16.3 Å². The highest BCUT2D eigenvalue weighted by molar-refractivity contribution is 6.31. The molecular weight excluding hydrogens is 354 g/mol. The van der Waals surface area contributed by atoms with E-state index in [0.717, 1.165) is 13.0 Å². The summed E-state index contributed by atoms with van der Waals surface area (Å²) in [7, 11) is 5.56. The van der Waals surface area contributed by atoms with Gasteiger partial charge < -0.3 is 20.3 Å². The van der Waals surface area contributed by atoms with Gasteiger partial charge in [-0.25, -0.2) is 9.97 Å². The van der Waals surface area contributed by atoms with Gasteiger partial charge in [-0.15, -0.1) is 0 Å². The lowest BCUT2D eigenvalue weighted by atomic mass is 10.3. The normalized spacial score (nSPS) is 10.7. The van der Waals surface area contributed by atoms with E-state index in [9.17, 15) is 4.79 Å². The van der Waals surface area contributed by atoms with Crippen molar-refractivity contribution in [3.63, 3.8) is 0 Å². The predicted molar refractivity (Wildman–Crippen MR) is 104 cm³/mol. The Hall–Kier alpha value is -2.38. The summed E-state index contributed by atoms with van der Waals surface area (Å²) in [5.41, 5.74) is 1.62. The molecule has 2 rings (SSSR count).